The lowest BCUT2D eigenvalue weighted by molar-refractivity contribution is -0.184. The molecule has 1 aliphatic rings. The molecule has 0 aromatic carbocycles. The molecule has 5 nitrogen and oxygen atoms in total. The van der Waals surface area contributed by atoms with Crippen molar-refractivity contribution in [2.24, 2.45) is 0 Å². The fourth-order valence-corrected chi connectivity index (χ4v) is 1.83. The number of ether oxygens (including phenoxy) is 2. The Labute approximate surface area is 89.2 Å². The van der Waals surface area contributed by atoms with Gasteiger partial charge in [-0.25, -0.2) is 0 Å². The van der Waals surface area contributed by atoms with Crippen molar-refractivity contribution in [2.45, 2.75) is 31.5 Å². The zero-order valence-corrected chi connectivity index (χ0v) is 9.17. The van der Waals surface area contributed by atoms with Gasteiger partial charge in [-0.2, -0.15) is 0 Å². The molecule has 4 atom stereocenters. The third kappa shape index (κ3) is 2.52. The Morgan fingerprint density at radius 3 is 2.54 bits per heavy atom. The number of alkyl halides is 1. The van der Waals surface area contributed by atoms with Crippen molar-refractivity contribution < 1.29 is 24.5 Å². The minimum Gasteiger partial charge on any atom is -0.433 e. The summed E-state index contributed by atoms with van der Waals surface area (Å²) in [5.74, 6) is -0.537. The van der Waals surface area contributed by atoms with Gasteiger partial charge in [-0.15, -0.1) is 0 Å². The first kappa shape index (κ1) is 11.2. The quantitative estimate of drug-likeness (QED) is 0.406. The van der Waals surface area contributed by atoms with Crippen LogP contribution in [0, 0.1) is 0 Å². The molecule has 0 saturated carbocycles. The van der Waals surface area contributed by atoms with E-state index in [4.69, 9.17) is 4.74 Å². The summed E-state index contributed by atoms with van der Waals surface area (Å²) in [5, 5.41) is 18.7. The largest absolute Gasteiger partial charge is 0.433 e. The van der Waals surface area contributed by atoms with Gasteiger partial charge >= 0.3 is 5.97 Å². The van der Waals surface area contributed by atoms with E-state index >= 15 is 0 Å². The molecule has 0 aliphatic carbocycles. The van der Waals surface area contributed by atoms with Crippen LogP contribution < -0.4 is 0 Å². The number of esters is 1. The highest BCUT2D eigenvalue weighted by Gasteiger charge is 2.43. The van der Waals surface area contributed by atoms with Crippen molar-refractivity contribution in [1.29, 1.82) is 0 Å². The van der Waals surface area contributed by atoms with Gasteiger partial charge in [0.1, 0.15) is 12.2 Å². The molecule has 0 radical (unpaired) electrons. The summed E-state index contributed by atoms with van der Waals surface area (Å²) in [7, 11) is 0. The van der Waals surface area contributed by atoms with Gasteiger partial charge in [0, 0.05) is 11.4 Å². The molecular weight excluding hydrogens is 291 g/mol. The zero-order valence-electron chi connectivity index (χ0n) is 7.01. The van der Waals surface area contributed by atoms with E-state index in [1.165, 1.54) is 6.92 Å². The standard InChI is InChI=1S/C7H11IO5/c1-3(9)12-7-6(11)5(10)4(2-8)13-7/h4-7,10-11H,2H2,1H3/t4-,5-,6-,7-/m1/s1. The topological polar surface area (TPSA) is 76.0 Å². The van der Waals surface area contributed by atoms with Crippen LogP contribution >= 0.6 is 22.6 Å². The normalized spacial score (nSPS) is 39.1. The number of rotatable bonds is 2. The predicted octanol–water partition coefficient (Wildman–Crippen LogP) is -0.569. The number of carbonyl (C=O) groups is 1. The summed E-state index contributed by atoms with van der Waals surface area (Å²) < 4.78 is 10.3. The number of aliphatic hydroxyl groups is 2. The Hall–Kier alpha value is 0.0800. The van der Waals surface area contributed by atoms with Crippen LogP contribution in [0.3, 0.4) is 0 Å². The van der Waals surface area contributed by atoms with Crippen LogP contribution in [0.4, 0.5) is 0 Å². The number of hydrogen-bond acceptors (Lipinski definition) is 5. The Kier molecular flexibility index (Phi) is 3.89. The van der Waals surface area contributed by atoms with Gasteiger partial charge in [0.05, 0.1) is 6.10 Å². The number of aliphatic hydroxyl groups excluding tert-OH is 2. The van der Waals surface area contributed by atoms with Gasteiger partial charge in [-0.05, 0) is 0 Å². The number of hydrogen-bond donors (Lipinski definition) is 2. The average Bonchev–Trinajstić information content (AvgIpc) is 2.32. The minimum atomic E-state index is -1.15. The zero-order chi connectivity index (χ0) is 10.0. The van der Waals surface area contributed by atoms with Gasteiger partial charge in [0.15, 0.2) is 0 Å². The average molecular weight is 302 g/mol. The van der Waals surface area contributed by atoms with Gasteiger partial charge < -0.3 is 19.7 Å². The van der Waals surface area contributed by atoms with Crippen LogP contribution in [0.15, 0.2) is 0 Å². The molecule has 1 fully saturated rings. The number of halogens is 1. The lowest BCUT2D eigenvalue weighted by Gasteiger charge is -2.13. The van der Waals surface area contributed by atoms with Crippen molar-refractivity contribution in [1.82, 2.24) is 0 Å². The molecule has 0 aromatic rings. The van der Waals surface area contributed by atoms with Crippen LogP contribution in [0.1, 0.15) is 6.92 Å². The van der Waals surface area contributed by atoms with E-state index in [9.17, 15) is 15.0 Å². The van der Waals surface area contributed by atoms with Crippen molar-refractivity contribution in [3.05, 3.63) is 0 Å². The molecule has 6 heteroatoms. The predicted molar refractivity (Wildman–Crippen MR) is 51.3 cm³/mol. The molecule has 0 bridgehead atoms. The molecule has 13 heavy (non-hydrogen) atoms. The highest BCUT2D eigenvalue weighted by molar-refractivity contribution is 14.1. The third-order valence-corrected chi connectivity index (χ3v) is 2.62. The number of carbonyl (C=O) groups excluding carboxylic acids is 1. The Balaban J connectivity index is 2.55. The lowest BCUT2D eigenvalue weighted by atomic mass is 10.2. The second-order valence-electron chi connectivity index (χ2n) is 2.79. The smallest absolute Gasteiger partial charge is 0.305 e. The van der Waals surface area contributed by atoms with Gasteiger partial charge in [0.25, 0.3) is 0 Å². The third-order valence-electron chi connectivity index (χ3n) is 1.75. The first-order chi connectivity index (χ1) is 6.06. The van der Waals surface area contributed by atoms with Crippen LogP contribution in [0.2, 0.25) is 0 Å². The van der Waals surface area contributed by atoms with E-state index < -0.39 is 30.6 Å². The van der Waals surface area contributed by atoms with Crippen molar-refractivity contribution in [3.8, 4) is 0 Å². The second-order valence-corrected chi connectivity index (χ2v) is 3.67. The summed E-state index contributed by atoms with van der Waals surface area (Å²) in [5.41, 5.74) is 0. The SMILES string of the molecule is CC(=O)O[C@@H]1O[C@H](CI)[C@@H](O)[C@H]1O. The monoisotopic (exact) mass is 302 g/mol. The highest BCUT2D eigenvalue weighted by Crippen LogP contribution is 2.23. The fourth-order valence-electron chi connectivity index (χ4n) is 1.10. The summed E-state index contributed by atoms with van der Waals surface area (Å²) in [6, 6.07) is 0. The summed E-state index contributed by atoms with van der Waals surface area (Å²) in [6.07, 6.45) is -3.64. The van der Waals surface area contributed by atoms with Crippen LogP contribution in [-0.2, 0) is 14.3 Å². The van der Waals surface area contributed by atoms with E-state index in [1.54, 1.807) is 0 Å². The molecule has 1 rings (SSSR count). The maximum absolute atomic E-state index is 10.6. The minimum absolute atomic E-state index is 0.472. The van der Waals surface area contributed by atoms with Crippen molar-refractivity contribution >= 4 is 28.6 Å². The summed E-state index contributed by atoms with van der Waals surface area (Å²) >= 11 is 2.02. The van der Waals surface area contributed by atoms with Crippen molar-refractivity contribution in [2.75, 3.05) is 4.43 Å². The molecule has 0 amide bonds. The Morgan fingerprint density at radius 1 is 1.54 bits per heavy atom. The van der Waals surface area contributed by atoms with E-state index in [2.05, 4.69) is 4.74 Å². The summed E-state index contributed by atoms with van der Waals surface area (Å²) in [4.78, 5) is 10.6. The lowest BCUT2D eigenvalue weighted by Crippen LogP contribution is -2.34. The Bertz CT molecular complexity index is 197. The van der Waals surface area contributed by atoms with E-state index in [1.807, 2.05) is 22.6 Å². The van der Waals surface area contributed by atoms with Gasteiger partial charge in [-0.1, -0.05) is 22.6 Å². The van der Waals surface area contributed by atoms with Gasteiger partial charge in [0.2, 0.25) is 6.29 Å². The molecule has 1 aliphatic heterocycles. The van der Waals surface area contributed by atoms with Gasteiger partial charge in [-0.3, -0.25) is 4.79 Å². The van der Waals surface area contributed by atoms with Crippen LogP contribution in [0.25, 0.3) is 0 Å². The van der Waals surface area contributed by atoms with Crippen LogP contribution in [0.5, 0.6) is 0 Å². The molecule has 0 spiro atoms. The van der Waals surface area contributed by atoms with E-state index in [0.717, 1.165) is 0 Å². The van der Waals surface area contributed by atoms with Crippen LogP contribution in [-0.4, -0.2) is 45.2 Å². The highest BCUT2D eigenvalue weighted by atomic mass is 127. The molecule has 0 unspecified atom stereocenters. The molecule has 76 valence electrons. The molecule has 1 saturated heterocycles. The maximum atomic E-state index is 10.6. The first-order valence-electron chi connectivity index (χ1n) is 3.81. The molecular formula is C7H11IO5. The molecule has 1 heterocycles. The molecule has 0 aromatic heterocycles. The second kappa shape index (κ2) is 4.54. The van der Waals surface area contributed by atoms with E-state index in [-0.39, 0.29) is 0 Å². The maximum Gasteiger partial charge on any atom is 0.305 e. The fraction of sp³-hybridized carbons (Fsp3) is 0.857. The van der Waals surface area contributed by atoms with E-state index in [0.29, 0.717) is 4.43 Å². The molecule has 2 N–H and O–H groups in total. The van der Waals surface area contributed by atoms with Crippen molar-refractivity contribution in [3.63, 3.8) is 0 Å². The summed E-state index contributed by atoms with van der Waals surface area (Å²) in [6.45, 7) is 1.22. The first-order valence-corrected chi connectivity index (χ1v) is 5.33. The Morgan fingerprint density at radius 2 is 2.15 bits per heavy atom.